The van der Waals surface area contributed by atoms with Crippen LogP contribution >= 0.6 is 0 Å². The van der Waals surface area contributed by atoms with Crippen molar-refractivity contribution in [2.45, 2.75) is 26.8 Å². The Kier molecular flexibility index (Phi) is 3.84. The molecule has 0 bridgehead atoms. The van der Waals surface area contributed by atoms with E-state index >= 15 is 0 Å². The summed E-state index contributed by atoms with van der Waals surface area (Å²) in [4.78, 5) is 9.98. The summed E-state index contributed by atoms with van der Waals surface area (Å²) in [6, 6.07) is 4.73. The minimum atomic E-state index is -0.620. The maximum Gasteiger partial charge on any atom is 0.433 e. The van der Waals surface area contributed by atoms with Gasteiger partial charge in [0.2, 0.25) is 0 Å². The highest BCUT2D eigenvalue weighted by Crippen LogP contribution is 2.27. The Morgan fingerprint density at radius 3 is 2.85 bits per heavy atom. The lowest BCUT2D eigenvalue weighted by Gasteiger charge is -2.03. The Bertz CT molecular complexity index is 663. The van der Waals surface area contributed by atoms with Crippen molar-refractivity contribution in [3.8, 4) is 17.5 Å². The fourth-order valence-electron chi connectivity index (χ4n) is 1.74. The van der Waals surface area contributed by atoms with Crippen molar-refractivity contribution in [3.63, 3.8) is 0 Å². The molecule has 2 aromatic rings. The molecule has 0 aliphatic heterocycles. The molecule has 0 unspecified atom stereocenters. The Labute approximate surface area is 115 Å². The Morgan fingerprint density at radius 2 is 2.30 bits per heavy atom. The highest BCUT2D eigenvalue weighted by atomic mass is 16.6. The van der Waals surface area contributed by atoms with Crippen LogP contribution in [-0.4, -0.2) is 14.7 Å². The van der Waals surface area contributed by atoms with Crippen LogP contribution in [0.15, 0.2) is 22.7 Å². The molecule has 0 atom stereocenters. The summed E-state index contributed by atoms with van der Waals surface area (Å²) >= 11 is 0. The van der Waals surface area contributed by atoms with Gasteiger partial charge in [-0.3, -0.25) is 14.8 Å². The van der Waals surface area contributed by atoms with E-state index in [0.29, 0.717) is 23.7 Å². The van der Waals surface area contributed by atoms with E-state index in [-0.39, 0.29) is 11.6 Å². The summed E-state index contributed by atoms with van der Waals surface area (Å²) in [5, 5.41) is 24.0. The standard InChI is InChI=1S/C13H14N4O3/c1-9(2)5-6-16-8-10(7-14)13(15-16)11-3-4-12(20-11)17(18)19/h3-4,8-9H,5-6H2,1-2H3. The van der Waals surface area contributed by atoms with Crippen LogP contribution in [-0.2, 0) is 6.54 Å². The molecule has 2 heterocycles. The van der Waals surface area contributed by atoms with Gasteiger partial charge in [-0.25, -0.2) is 0 Å². The van der Waals surface area contributed by atoms with Gasteiger partial charge >= 0.3 is 5.88 Å². The first-order chi connectivity index (χ1) is 9.51. The topological polar surface area (TPSA) is 97.9 Å². The van der Waals surface area contributed by atoms with E-state index in [4.69, 9.17) is 9.68 Å². The fourth-order valence-corrected chi connectivity index (χ4v) is 1.74. The quantitative estimate of drug-likeness (QED) is 0.616. The molecule has 0 radical (unpaired) electrons. The van der Waals surface area contributed by atoms with E-state index < -0.39 is 4.92 Å². The normalized spacial score (nSPS) is 10.7. The van der Waals surface area contributed by atoms with Crippen molar-refractivity contribution >= 4 is 5.88 Å². The predicted molar refractivity (Wildman–Crippen MR) is 70.8 cm³/mol. The lowest BCUT2D eigenvalue weighted by atomic mass is 10.1. The number of hydrogen-bond acceptors (Lipinski definition) is 5. The zero-order valence-corrected chi connectivity index (χ0v) is 11.2. The third-order valence-electron chi connectivity index (χ3n) is 2.82. The SMILES string of the molecule is CC(C)CCn1cc(C#N)c(-c2ccc([N+](=O)[O-])o2)n1. The van der Waals surface area contributed by atoms with Crippen LogP contribution in [0.1, 0.15) is 25.8 Å². The van der Waals surface area contributed by atoms with E-state index in [1.165, 1.54) is 12.1 Å². The lowest BCUT2D eigenvalue weighted by Crippen LogP contribution is -2.01. The molecule has 0 aliphatic carbocycles. The molecule has 0 saturated carbocycles. The monoisotopic (exact) mass is 274 g/mol. The summed E-state index contributed by atoms with van der Waals surface area (Å²) < 4.78 is 6.76. The van der Waals surface area contributed by atoms with Gasteiger partial charge < -0.3 is 4.42 Å². The van der Waals surface area contributed by atoms with E-state index in [0.717, 1.165) is 6.42 Å². The third-order valence-corrected chi connectivity index (χ3v) is 2.82. The number of hydrogen-bond donors (Lipinski definition) is 0. The second kappa shape index (κ2) is 5.57. The summed E-state index contributed by atoms with van der Waals surface area (Å²) in [5.41, 5.74) is 0.683. The minimum absolute atomic E-state index is 0.233. The number of furan rings is 1. The molecule has 0 aliphatic rings. The number of nitrogens with zero attached hydrogens (tertiary/aromatic N) is 4. The summed E-state index contributed by atoms with van der Waals surface area (Å²) in [6.45, 7) is 4.89. The summed E-state index contributed by atoms with van der Waals surface area (Å²) in [6.07, 6.45) is 2.57. The van der Waals surface area contributed by atoms with Crippen LogP contribution in [0, 0.1) is 27.4 Å². The Balaban J connectivity index is 2.30. The largest absolute Gasteiger partial charge is 0.433 e. The first-order valence-electron chi connectivity index (χ1n) is 6.23. The van der Waals surface area contributed by atoms with Gasteiger partial charge in [0.25, 0.3) is 0 Å². The smallest absolute Gasteiger partial charge is 0.399 e. The van der Waals surface area contributed by atoms with Crippen LogP contribution < -0.4 is 0 Å². The zero-order chi connectivity index (χ0) is 14.7. The van der Waals surface area contributed by atoms with Crippen LogP contribution in [0.2, 0.25) is 0 Å². The molecule has 104 valence electrons. The number of aromatic nitrogens is 2. The molecule has 7 nitrogen and oxygen atoms in total. The molecular formula is C13H14N4O3. The van der Waals surface area contributed by atoms with Crippen molar-refractivity contribution in [2.24, 2.45) is 5.92 Å². The molecule has 0 aromatic carbocycles. The fraction of sp³-hybridized carbons (Fsp3) is 0.385. The van der Waals surface area contributed by atoms with E-state index in [1.807, 2.05) is 6.07 Å². The summed E-state index contributed by atoms with van der Waals surface area (Å²) in [5.74, 6) is 0.398. The third kappa shape index (κ3) is 2.85. The van der Waals surface area contributed by atoms with Gasteiger partial charge in [0.05, 0.1) is 6.07 Å². The van der Waals surface area contributed by atoms with Crippen molar-refractivity contribution in [3.05, 3.63) is 34.0 Å². The van der Waals surface area contributed by atoms with E-state index in [1.54, 1.807) is 10.9 Å². The van der Waals surface area contributed by atoms with Crippen molar-refractivity contribution < 1.29 is 9.34 Å². The molecule has 0 spiro atoms. The van der Waals surface area contributed by atoms with Gasteiger partial charge in [0.15, 0.2) is 5.76 Å². The number of rotatable bonds is 5. The zero-order valence-electron chi connectivity index (χ0n) is 11.2. The van der Waals surface area contributed by atoms with Gasteiger partial charge in [0.1, 0.15) is 22.2 Å². The Hall–Kier alpha value is -2.62. The molecule has 0 amide bonds. The Morgan fingerprint density at radius 1 is 1.55 bits per heavy atom. The maximum absolute atomic E-state index is 10.6. The minimum Gasteiger partial charge on any atom is -0.399 e. The average Bonchev–Trinajstić information content (AvgIpc) is 3.02. The first kappa shape index (κ1) is 13.8. The number of aryl methyl sites for hydroxylation is 1. The predicted octanol–water partition coefficient (Wildman–Crippen LogP) is 2.97. The molecule has 0 saturated heterocycles. The molecule has 0 fully saturated rings. The summed E-state index contributed by atoms with van der Waals surface area (Å²) in [7, 11) is 0. The highest BCUT2D eigenvalue weighted by molar-refractivity contribution is 5.61. The van der Waals surface area contributed by atoms with Gasteiger partial charge in [-0.15, -0.1) is 0 Å². The van der Waals surface area contributed by atoms with Gasteiger partial charge in [0, 0.05) is 12.7 Å². The van der Waals surface area contributed by atoms with Crippen LogP contribution in [0.5, 0.6) is 0 Å². The second-order valence-electron chi connectivity index (χ2n) is 4.84. The molecular weight excluding hydrogens is 260 g/mol. The van der Waals surface area contributed by atoms with E-state index in [9.17, 15) is 10.1 Å². The van der Waals surface area contributed by atoms with Gasteiger partial charge in [-0.2, -0.15) is 10.4 Å². The molecule has 0 N–H and O–H groups in total. The van der Waals surface area contributed by atoms with Crippen LogP contribution in [0.25, 0.3) is 11.5 Å². The van der Waals surface area contributed by atoms with Crippen LogP contribution in [0.3, 0.4) is 0 Å². The maximum atomic E-state index is 10.6. The van der Waals surface area contributed by atoms with Crippen molar-refractivity contribution in [1.29, 1.82) is 5.26 Å². The van der Waals surface area contributed by atoms with Gasteiger partial charge in [-0.1, -0.05) is 13.8 Å². The molecule has 7 heteroatoms. The second-order valence-corrected chi connectivity index (χ2v) is 4.84. The van der Waals surface area contributed by atoms with Crippen LogP contribution in [0.4, 0.5) is 5.88 Å². The van der Waals surface area contributed by atoms with Crippen molar-refractivity contribution in [2.75, 3.05) is 0 Å². The number of nitriles is 1. The van der Waals surface area contributed by atoms with Gasteiger partial charge in [-0.05, 0) is 18.4 Å². The molecule has 2 aromatic heterocycles. The van der Waals surface area contributed by atoms with Crippen molar-refractivity contribution in [1.82, 2.24) is 9.78 Å². The first-order valence-corrected chi connectivity index (χ1v) is 6.23. The lowest BCUT2D eigenvalue weighted by molar-refractivity contribution is -0.401. The molecule has 20 heavy (non-hydrogen) atoms. The van der Waals surface area contributed by atoms with E-state index in [2.05, 4.69) is 18.9 Å². The average molecular weight is 274 g/mol. The highest BCUT2D eigenvalue weighted by Gasteiger charge is 2.18. The molecule has 2 rings (SSSR count). The number of nitro groups is 1.